The SMILES string of the molecule is [C-]#[N+]c1cc(OCCCCCCCCCC)c(OCCCCCCCCCC)c(OCCCCCCCCCC)c1. The zero-order chi connectivity index (χ0) is 29.6. The van der Waals surface area contributed by atoms with Crippen LogP contribution in [0.5, 0.6) is 17.2 Å². The molecule has 4 heteroatoms. The molecule has 0 aliphatic carbocycles. The van der Waals surface area contributed by atoms with E-state index >= 15 is 0 Å². The molecule has 0 aliphatic rings. The quantitative estimate of drug-likeness (QED) is 0.0680. The maximum absolute atomic E-state index is 7.63. The Bertz CT molecular complexity index is 714. The fourth-order valence-electron chi connectivity index (χ4n) is 5.23. The molecule has 0 bridgehead atoms. The van der Waals surface area contributed by atoms with Gasteiger partial charge in [0.25, 0.3) is 0 Å². The number of unbranched alkanes of at least 4 members (excludes halogenated alkanes) is 21. The smallest absolute Gasteiger partial charge is 0.200 e. The van der Waals surface area contributed by atoms with E-state index in [2.05, 4.69) is 25.6 Å². The van der Waals surface area contributed by atoms with Crippen LogP contribution in [-0.2, 0) is 0 Å². The molecule has 0 spiro atoms. The van der Waals surface area contributed by atoms with Crippen LogP contribution in [0, 0.1) is 6.57 Å². The molecule has 0 aliphatic heterocycles. The number of ether oxygens (including phenoxy) is 3. The molecule has 41 heavy (non-hydrogen) atoms. The minimum atomic E-state index is 0.557. The van der Waals surface area contributed by atoms with Crippen LogP contribution in [0.4, 0.5) is 5.69 Å². The van der Waals surface area contributed by atoms with Crippen molar-refractivity contribution in [2.24, 2.45) is 0 Å². The average Bonchev–Trinajstić information content (AvgIpc) is 2.99. The number of rotatable bonds is 30. The Labute approximate surface area is 255 Å². The lowest BCUT2D eigenvalue weighted by atomic mass is 10.1. The molecule has 0 aromatic heterocycles. The van der Waals surface area contributed by atoms with Gasteiger partial charge in [-0.3, -0.25) is 0 Å². The Kier molecular flexibility index (Phi) is 25.6. The van der Waals surface area contributed by atoms with Gasteiger partial charge in [0.2, 0.25) is 5.75 Å². The summed E-state index contributed by atoms with van der Waals surface area (Å²) in [6.07, 6.45) is 30.5. The van der Waals surface area contributed by atoms with Gasteiger partial charge in [-0.25, -0.2) is 4.85 Å². The highest BCUT2D eigenvalue weighted by atomic mass is 16.5. The first-order valence-corrected chi connectivity index (χ1v) is 17.7. The van der Waals surface area contributed by atoms with Gasteiger partial charge in [0, 0.05) is 0 Å². The van der Waals surface area contributed by atoms with Gasteiger partial charge in [0.05, 0.1) is 26.4 Å². The van der Waals surface area contributed by atoms with Gasteiger partial charge in [-0.05, 0) is 31.4 Å². The maximum atomic E-state index is 7.63. The van der Waals surface area contributed by atoms with Gasteiger partial charge in [-0.15, -0.1) is 0 Å². The van der Waals surface area contributed by atoms with Gasteiger partial charge in [0.15, 0.2) is 17.2 Å². The van der Waals surface area contributed by atoms with E-state index in [9.17, 15) is 0 Å². The lowest BCUT2D eigenvalue weighted by Gasteiger charge is -2.18. The topological polar surface area (TPSA) is 32.0 Å². The monoisotopic (exact) mass is 571 g/mol. The van der Waals surface area contributed by atoms with E-state index in [1.165, 1.54) is 135 Å². The molecule has 0 N–H and O–H groups in total. The van der Waals surface area contributed by atoms with Crippen LogP contribution in [0.3, 0.4) is 0 Å². The third-order valence-corrected chi connectivity index (χ3v) is 7.89. The van der Waals surface area contributed by atoms with Crippen molar-refractivity contribution in [1.82, 2.24) is 0 Å². The number of hydrogen-bond acceptors (Lipinski definition) is 3. The summed E-state index contributed by atoms with van der Waals surface area (Å²) >= 11 is 0. The summed E-state index contributed by atoms with van der Waals surface area (Å²) < 4.78 is 18.8. The van der Waals surface area contributed by atoms with E-state index < -0.39 is 0 Å². The number of hydrogen-bond donors (Lipinski definition) is 0. The van der Waals surface area contributed by atoms with Crippen molar-refractivity contribution in [3.8, 4) is 17.2 Å². The molecule has 0 heterocycles. The van der Waals surface area contributed by atoms with Crippen LogP contribution in [-0.4, -0.2) is 19.8 Å². The van der Waals surface area contributed by atoms with Crippen LogP contribution in [0.25, 0.3) is 4.85 Å². The summed E-state index contributed by atoms with van der Waals surface area (Å²) in [6, 6.07) is 3.67. The van der Waals surface area contributed by atoms with Crippen molar-refractivity contribution in [3.05, 3.63) is 23.5 Å². The fourth-order valence-corrected chi connectivity index (χ4v) is 5.23. The van der Waals surface area contributed by atoms with E-state index in [4.69, 9.17) is 20.8 Å². The molecular formula is C37H65NO3. The molecule has 0 saturated heterocycles. The third-order valence-electron chi connectivity index (χ3n) is 7.89. The van der Waals surface area contributed by atoms with Crippen molar-refractivity contribution in [3.63, 3.8) is 0 Å². The second-order valence-electron chi connectivity index (χ2n) is 11.9. The van der Waals surface area contributed by atoms with Crippen molar-refractivity contribution >= 4 is 5.69 Å². The Morgan fingerprint density at radius 1 is 0.439 bits per heavy atom. The highest BCUT2D eigenvalue weighted by molar-refractivity contribution is 5.63. The van der Waals surface area contributed by atoms with Gasteiger partial charge >= 0.3 is 0 Å². The first kappa shape index (κ1) is 37.1. The molecule has 1 aromatic rings. The summed E-state index contributed by atoms with van der Waals surface area (Å²) in [5, 5.41) is 0. The molecule has 1 aromatic carbocycles. The standard InChI is InChI=1S/C37H65NO3/c1-5-8-11-14-17-20-23-26-29-39-35-32-34(38-4)33-36(40-30-27-24-21-18-15-12-9-6-2)37(35)41-31-28-25-22-19-16-13-10-7-3/h32-33H,5-31H2,1-3H3. The molecule has 4 nitrogen and oxygen atoms in total. The average molecular weight is 572 g/mol. The molecule has 0 amide bonds. The van der Waals surface area contributed by atoms with Crippen LogP contribution < -0.4 is 14.2 Å². The van der Waals surface area contributed by atoms with Crippen molar-refractivity contribution in [2.75, 3.05) is 19.8 Å². The lowest BCUT2D eigenvalue weighted by molar-refractivity contribution is 0.234. The highest BCUT2D eigenvalue weighted by Crippen LogP contribution is 2.42. The van der Waals surface area contributed by atoms with Crippen LogP contribution in [0.2, 0.25) is 0 Å². The van der Waals surface area contributed by atoms with Gasteiger partial charge in [-0.1, -0.05) is 156 Å². The van der Waals surface area contributed by atoms with E-state index in [1.807, 2.05) is 12.1 Å². The lowest BCUT2D eigenvalue weighted by Crippen LogP contribution is -2.06. The van der Waals surface area contributed by atoms with Crippen molar-refractivity contribution in [1.29, 1.82) is 0 Å². The van der Waals surface area contributed by atoms with Crippen LogP contribution in [0.15, 0.2) is 12.1 Å². The Morgan fingerprint density at radius 2 is 0.732 bits per heavy atom. The first-order chi connectivity index (χ1) is 20.3. The fraction of sp³-hybridized carbons (Fsp3) is 0.811. The summed E-state index contributed by atoms with van der Waals surface area (Å²) in [5.74, 6) is 2.04. The zero-order valence-electron chi connectivity index (χ0n) is 27.4. The van der Waals surface area contributed by atoms with Gasteiger partial charge < -0.3 is 14.2 Å². The molecule has 0 fully saturated rings. The van der Waals surface area contributed by atoms with E-state index in [1.54, 1.807) is 0 Å². The predicted molar refractivity (Wildman–Crippen MR) is 177 cm³/mol. The summed E-state index contributed by atoms with van der Waals surface area (Å²) in [6.45, 7) is 16.4. The van der Waals surface area contributed by atoms with Gasteiger partial charge in [-0.2, -0.15) is 0 Å². The number of benzene rings is 1. The molecule has 0 saturated carbocycles. The maximum Gasteiger partial charge on any atom is 0.200 e. The predicted octanol–water partition coefficient (Wildman–Crippen LogP) is 12.8. The van der Waals surface area contributed by atoms with E-state index in [-0.39, 0.29) is 0 Å². The Hall–Kier alpha value is -1.89. The second-order valence-corrected chi connectivity index (χ2v) is 11.9. The van der Waals surface area contributed by atoms with Crippen molar-refractivity contribution in [2.45, 2.75) is 175 Å². The van der Waals surface area contributed by atoms with Crippen molar-refractivity contribution < 1.29 is 14.2 Å². The first-order valence-electron chi connectivity index (χ1n) is 17.7. The highest BCUT2D eigenvalue weighted by Gasteiger charge is 2.16. The zero-order valence-corrected chi connectivity index (χ0v) is 27.4. The Balaban J connectivity index is 2.61. The van der Waals surface area contributed by atoms with Crippen LogP contribution in [0.1, 0.15) is 175 Å². The molecule has 0 radical (unpaired) electrons. The van der Waals surface area contributed by atoms with Gasteiger partial charge in [0.1, 0.15) is 0 Å². The van der Waals surface area contributed by atoms with E-state index in [0.717, 1.165) is 19.3 Å². The summed E-state index contributed by atoms with van der Waals surface area (Å²) in [4.78, 5) is 3.71. The summed E-state index contributed by atoms with van der Waals surface area (Å²) in [5.41, 5.74) is 0.557. The molecule has 1 rings (SSSR count). The minimum Gasteiger partial charge on any atom is -0.491 e. The largest absolute Gasteiger partial charge is 0.491 e. The minimum absolute atomic E-state index is 0.557. The van der Waals surface area contributed by atoms with Crippen LogP contribution >= 0.6 is 0 Å². The second kappa shape index (κ2) is 28.2. The third kappa shape index (κ3) is 20.6. The summed E-state index contributed by atoms with van der Waals surface area (Å²) in [7, 11) is 0. The molecule has 236 valence electrons. The normalized spacial score (nSPS) is 11.0. The molecule has 0 atom stereocenters. The molecular weight excluding hydrogens is 506 g/mol. The Morgan fingerprint density at radius 3 is 1.05 bits per heavy atom. The van der Waals surface area contributed by atoms with E-state index in [0.29, 0.717) is 42.8 Å². The number of nitrogens with zero attached hydrogens (tertiary/aromatic N) is 1. The molecule has 0 unspecified atom stereocenters.